The van der Waals surface area contributed by atoms with E-state index in [0.717, 1.165) is 12.8 Å². The molecule has 1 amide bonds. The highest BCUT2D eigenvalue weighted by molar-refractivity contribution is 5.81. The molecule has 0 aromatic heterocycles. The second-order valence-electron chi connectivity index (χ2n) is 4.64. The molecule has 1 rings (SSSR count). The molecule has 4 heteroatoms. The Hall–Kier alpha value is -1.08. The highest BCUT2D eigenvalue weighted by atomic mass is 16.5. The lowest BCUT2D eigenvalue weighted by Crippen LogP contribution is -2.52. The van der Waals surface area contributed by atoms with Gasteiger partial charge in [0, 0.05) is 6.61 Å². The van der Waals surface area contributed by atoms with Crippen LogP contribution in [0.4, 0.5) is 0 Å². The molecule has 1 N–H and O–H groups in total. The van der Waals surface area contributed by atoms with Gasteiger partial charge >= 0.3 is 0 Å². The van der Waals surface area contributed by atoms with E-state index in [4.69, 9.17) is 10.00 Å². The third-order valence-corrected chi connectivity index (χ3v) is 3.34. The van der Waals surface area contributed by atoms with Crippen LogP contribution >= 0.6 is 0 Å². The van der Waals surface area contributed by atoms with Crippen molar-refractivity contribution in [1.29, 1.82) is 5.26 Å². The van der Waals surface area contributed by atoms with Crippen LogP contribution in [0.3, 0.4) is 0 Å². The Labute approximate surface area is 97.0 Å². The van der Waals surface area contributed by atoms with Crippen molar-refractivity contribution < 1.29 is 9.53 Å². The van der Waals surface area contributed by atoms with Gasteiger partial charge in [0.15, 0.2) is 0 Å². The fraction of sp³-hybridized carbons (Fsp3) is 0.833. The zero-order valence-electron chi connectivity index (χ0n) is 10.2. The van der Waals surface area contributed by atoms with Crippen LogP contribution in [-0.2, 0) is 9.53 Å². The molecule has 1 fully saturated rings. The maximum Gasteiger partial charge on any atom is 0.237 e. The molecule has 1 aliphatic rings. The average molecular weight is 224 g/mol. The smallest absolute Gasteiger partial charge is 0.237 e. The number of hydrogen-bond acceptors (Lipinski definition) is 3. The molecule has 0 aromatic rings. The first kappa shape index (κ1) is 13.0. The van der Waals surface area contributed by atoms with E-state index in [1.807, 2.05) is 20.8 Å². The maximum absolute atomic E-state index is 11.9. The Morgan fingerprint density at radius 2 is 2.44 bits per heavy atom. The Bertz CT molecular complexity index is 298. The van der Waals surface area contributed by atoms with Crippen molar-refractivity contribution in [3.63, 3.8) is 0 Å². The Balaban J connectivity index is 2.59. The second-order valence-corrected chi connectivity index (χ2v) is 4.64. The molecule has 0 spiro atoms. The van der Waals surface area contributed by atoms with Crippen LogP contribution < -0.4 is 5.32 Å². The van der Waals surface area contributed by atoms with Gasteiger partial charge in [-0.1, -0.05) is 13.3 Å². The van der Waals surface area contributed by atoms with Crippen molar-refractivity contribution in [2.45, 2.75) is 51.7 Å². The summed E-state index contributed by atoms with van der Waals surface area (Å²) < 4.78 is 5.45. The van der Waals surface area contributed by atoms with Gasteiger partial charge in [-0.15, -0.1) is 0 Å². The number of nitrogens with one attached hydrogen (secondary N) is 1. The van der Waals surface area contributed by atoms with Crippen molar-refractivity contribution in [1.82, 2.24) is 5.32 Å². The van der Waals surface area contributed by atoms with Gasteiger partial charge in [-0.05, 0) is 26.7 Å². The summed E-state index contributed by atoms with van der Waals surface area (Å²) in [4.78, 5) is 11.9. The standard InChI is InChI=1S/C12H20N2O2/c1-4-5-10(8-13)11(15)14-12(3)6-7-16-9(12)2/h9-10H,4-7H2,1-3H3,(H,14,15). The largest absolute Gasteiger partial charge is 0.376 e. The minimum absolute atomic E-state index is 0.0115. The van der Waals surface area contributed by atoms with E-state index in [0.29, 0.717) is 13.0 Å². The molecule has 90 valence electrons. The van der Waals surface area contributed by atoms with Crippen molar-refractivity contribution in [2.24, 2.45) is 5.92 Å². The lowest BCUT2D eigenvalue weighted by molar-refractivity contribution is -0.126. The topological polar surface area (TPSA) is 62.1 Å². The summed E-state index contributed by atoms with van der Waals surface area (Å²) in [7, 11) is 0. The quantitative estimate of drug-likeness (QED) is 0.789. The lowest BCUT2D eigenvalue weighted by atomic mass is 9.93. The van der Waals surface area contributed by atoms with E-state index in [1.54, 1.807) is 0 Å². The van der Waals surface area contributed by atoms with E-state index >= 15 is 0 Å². The van der Waals surface area contributed by atoms with Gasteiger partial charge in [-0.25, -0.2) is 0 Å². The fourth-order valence-electron chi connectivity index (χ4n) is 1.91. The minimum atomic E-state index is -0.533. The van der Waals surface area contributed by atoms with Gasteiger partial charge in [-0.3, -0.25) is 4.79 Å². The summed E-state index contributed by atoms with van der Waals surface area (Å²) >= 11 is 0. The van der Waals surface area contributed by atoms with Gasteiger partial charge in [0.2, 0.25) is 5.91 Å². The SMILES string of the molecule is CCCC(C#N)C(=O)NC1(C)CCOC1C. The molecular formula is C12H20N2O2. The summed E-state index contributed by atoms with van der Waals surface area (Å²) in [6.07, 6.45) is 2.28. The molecule has 0 aromatic carbocycles. The van der Waals surface area contributed by atoms with Crippen LogP contribution in [0, 0.1) is 17.2 Å². The third kappa shape index (κ3) is 2.73. The molecular weight excluding hydrogens is 204 g/mol. The van der Waals surface area contributed by atoms with Gasteiger partial charge < -0.3 is 10.1 Å². The predicted octanol–water partition coefficient (Wildman–Crippen LogP) is 1.61. The molecule has 3 atom stereocenters. The van der Waals surface area contributed by atoms with Gasteiger partial charge in [0.1, 0.15) is 5.92 Å². The second kappa shape index (κ2) is 5.31. The Morgan fingerprint density at radius 3 is 2.88 bits per heavy atom. The molecule has 3 unspecified atom stereocenters. The van der Waals surface area contributed by atoms with E-state index in [-0.39, 0.29) is 17.6 Å². The van der Waals surface area contributed by atoms with Crippen molar-refractivity contribution in [2.75, 3.05) is 6.61 Å². The summed E-state index contributed by atoms with van der Waals surface area (Å²) in [5, 5.41) is 11.9. The fourth-order valence-corrected chi connectivity index (χ4v) is 1.91. The van der Waals surface area contributed by atoms with Crippen molar-refractivity contribution in [3.8, 4) is 6.07 Å². The number of carbonyl (C=O) groups is 1. The molecule has 1 heterocycles. The molecule has 0 bridgehead atoms. The summed E-state index contributed by atoms with van der Waals surface area (Å²) in [5.74, 6) is -0.696. The van der Waals surface area contributed by atoms with Crippen molar-refractivity contribution in [3.05, 3.63) is 0 Å². The van der Waals surface area contributed by atoms with E-state index in [1.165, 1.54) is 0 Å². The summed E-state index contributed by atoms with van der Waals surface area (Å²) in [6.45, 7) is 6.57. The molecule has 0 radical (unpaired) electrons. The van der Waals surface area contributed by atoms with Crippen LogP contribution in [0.2, 0.25) is 0 Å². The highest BCUT2D eigenvalue weighted by Gasteiger charge is 2.39. The van der Waals surface area contributed by atoms with Crippen LogP contribution in [-0.4, -0.2) is 24.2 Å². The molecule has 4 nitrogen and oxygen atoms in total. The average Bonchev–Trinajstić information content (AvgIpc) is 2.55. The zero-order valence-corrected chi connectivity index (χ0v) is 10.2. The van der Waals surface area contributed by atoms with E-state index in [9.17, 15) is 4.79 Å². The number of ether oxygens (including phenoxy) is 1. The summed E-state index contributed by atoms with van der Waals surface area (Å²) in [6, 6.07) is 2.06. The van der Waals surface area contributed by atoms with Crippen LogP contribution in [0.1, 0.15) is 40.0 Å². The van der Waals surface area contributed by atoms with E-state index < -0.39 is 5.92 Å². The molecule has 1 saturated heterocycles. The Kier molecular flexibility index (Phi) is 4.31. The van der Waals surface area contributed by atoms with Crippen LogP contribution in [0.25, 0.3) is 0 Å². The first-order valence-corrected chi connectivity index (χ1v) is 5.86. The first-order chi connectivity index (χ1) is 7.53. The minimum Gasteiger partial charge on any atom is -0.376 e. The van der Waals surface area contributed by atoms with Crippen molar-refractivity contribution >= 4 is 5.91 Å². The first-order valence-electron chi connectivity index (χ1n) is 5.86. The number of nitriles is 1. The van der Waals surface area contributed by atoms with Crippen LogP contribution in [0.15, 0.2) is 0 Å². The summed E-state index contributed by atoms with van der Waals surface area (Å²) in [5.41, 5.74) is -0.320. The molecule has 0 saturated carbocycles. The number of carbonyl (C=O) groups excluding carboxylic acids is 1. The monoisotopic (exact) mass is 224 g/mol. The number of amides is 1. The number of rotatable bonds is 4. The van der Waals surface area contributed by atoms with E-state index in [2.05, 4.69) is 11.4 Å². The van der Waals surface area contributed by atoms with Crippen LogP contribution in [0.5, 0.6) is 0 Å². The number of nitrogens with zero attached hydrogens (tertiary/aromatic N) is 1. The zero-order chi connectivity index (χ0) is 12.2. The lowest BCUT2D eigenvalue weighted by Gasteiger charge is -2.29. The predicted molar refractivity (Wildman–Crippen MR) is 60.6 cm³/mol. The molecule has 16 heavy (non-hydrogen) atoms. The maximum atomic E-state index is 11.9. The third-order valence-electron chi connectivity index (χ3n) is 3.34. The normalized spacial score (nSPS) is 30.8. The molecule has 1 aliphatic heterocycles. The highest BCUT2D eigenvalue weighted by Crippen LogP contribution is 2.25. The van der Waals surface area contributed by atoms with Gasteiger partial charge in [0.25, 0.3) is 0 Å². The van der Waals surface area contributed by atoms with Gasteiger partial charge in [0.05, 0.1) is 17.7 Å². The number of hydrogen-bond donors (Lipinski definition) is 1. The molecule has 0 aliphatic carbocycles. The van der Waals surface area contributed by atoms with Gasteiger partial charge in [-0.2, -0.15) is 5.26 Å². The Morgan fingerprint density at radius 1 is 1.75 bits per heavy atom.